The van der Waals surface area contributed by atoms with Gasteiger partial charge >= 0.3 is 12.1 Å². The second-order valence-corrected chi connectivity index (χ2v) is 12.9. The van der Waals surface area contributed by atoms with Crippen LogP contribution in [0, 0.1) is 41.4 Å². The Morgan fingerprint density at radius 2 is 1.60 bits per heavy atom. The molecule has 13 atom stereocenters. The molecule has 1 aliphatic rings. The molecule has 1 unspecified atom stereocenters. The Morgan fingerprint density at radius 3 is 2.16 bits per heavy atom. The molecule has 0 aromatic rings. The van der Waals surface area contributed by atoms with Gasteiger partial charge in [-0.05, 0) is 38.7 Å². The van der Waals surface area contributed by atoms with Gasteiger partial charge in [0.1, 0.15) is 12.2 Å². The zero-order valence-electron chi connectivity index (χ0n) is 27.5. The van der Waals surface area contributed by atoms with Crippen molar-refractivity contribution in [1.29, 1.82) is 0 Å². The molecule has 0 bridgehead atoms. The molecule has 1 aliphatic heterocycles. The summed E-state index contributed by atoms with van der Waals surface area (Å²) in [6.45, 7) is 20.3. The molecule has 9 heteroatoms. The van der Waals surface area contributed by atoms with E-state index in [-0.39, 0.29) is 41.9 Å². The van der Waals surface area contributed by atoms with Crippen molar-refractivity contribution in [2.45, 2.75) is 112 Å². The quantitative estimate of drug-likeness (QED) is 0.0960. The first-order chi connectivity index (χ1) is 19.9. The number of nitrogens with two attached hydrogens (primary N) is 1. The smallest absolute Gasteiger partial charge is 0.404 e. The van der Waals surface area contributed by atoms with Crippen molar-refractivity contribution in [3.63, 3.8) is 0 Å². The van der Waals surface area contributed by atoms with Gasteiger partial charge in [-0.15, -0.1) is 0 Å². The number of aliphatic hydroxyl groups is 4. The molecular formula is C34H57NO8. The summed E-state index contributed by atoms with van der Waals surface area (Å²) in [4.78, 5) is 23.6. The highest BCUT2D eigenvalue weighted by Gasteiger charge is 2.41. The number of carbonyl (C=O) groups excluding carboxylic acids is 2. The van der Waals surface area contributed by atoms with Crippen LogP contribution in [0.2, 0.25) is 0 Å². The van der Waals surface area contributed by atoms with Crippen LogP contribution in [-0.4, -0.2) is 69.1 Å². The van der Waals surface area contributed by atoms with Crippen molar-refractivity contribution in [2.75, 3.05) is 0 Å². The summed E-state index contributed by atoms with van der Waals surface area (Å²) in [6, 6.07) is 0. The van der Waals surface area contributed by atoms with Crippen molar-refractivity contribution < 1.29 is 39.5 Å². The fourth-order valence-corrected chi connectivity index (χ4v) is 6.10. The number of allylic oxidation sites excluding steroid dienone is 3. The van der Waals surface area contributed by atoms with Crippen LogP contribution in [0.3, 0.4) is 0 Å². The number of carbonyl (C=O) groups is 2. The second-order valence-electron chi connectivity index (χ2n) is 12.9. The van der Waals surface area contributed by atoms with E-state index in [1.807, 2.05) is 66.7 Å². The summed E-state index contributed by atoms with van der Waals surface area (Å²) in [5.41, 5.74) is 6.97. The maximum absolute atomic E-state index is 12.1. The van der Waals surface area contributed by atoms with Crippen LogP contribution >= 0.6 is 0 Å². The van der Waals surface area contributed by atoms with Crippen LogP contribution in [0.1, 0.15) is 75.2 Å². The lowest BCUT2D eigenvalue weighted by Crippen LogP contribution is -2.47. The van der Waals surface area contributed by atoms with Gasteiger partial charge in [0.15, 0.2) is 0 Å². The Bertz CT molecular complexity index is 1010. The number of rotatable bonds is 16. The zero-order chi connectivity index (χ0) is 33.2. The highest BCUT2D eigenvalue weighted by Crippen LogP contribution is 2.31. The molecule has 9 nitrogen and oxygen atoms in total. The minimum Gasteiger partial charge on any atom is -0.462 e. The van der Waals surface area contributed by atoms with Gasteiger partial charge in [0, 0.05) is 36.0 Å². The molecule has 1 saturated heterocycles. The molecule has 0 aromatic heterocycles. The lowest BCUT2D eigenvalue weighted by molar-refractivity contribution is -0.179. The van der Waals surface area contributed by atoms with Crippen LogP contribution < -0.4 is 5.73 Å². The van der Waals surface area contributed by atoms with Gasteiger partial charge in [-0.3, -0.25) is 4.79 Å². The van der Waals surface area contributed by atoms with Crippen LogP contribution in [0.4, 0.5) is 4.79 Å². The van der Waals surface area contributed by atoms with Gasteiger partial charge in [-0.25, -0.2) is 4.79 Å². The van der Waals surface area contributed by atoms with E-state index in [0.29, 0.717) is 12.0 Å². The predicted octanol–water partition coefficient (Wildman–Crippen LogP) is 4.69. The molecule has 1 fully saturated rings. The van der Waals surface area contributed by atoms with Gasteiger partial charge in [0.25, 0.3) is 0 Å². The van der Waals surface area contributed by atoms with Crippen molar-refractivity contribution in [1.82, 2.24) is 0 Å². The second kappa shape index (κ2) is 17.7. The topological polar surface area (TPSA) is 160 Å². The van der Waals surface area contributed by atoms with Crippen LogP contribution in [0.25, 0.3) is 0 Å². The number of hydrogen-bond donors (Lipinski definition) is 5. The molecular weight excluding hydrogens is 550 g/mol. The summed E-state index contributed by atoms with van der Waals surface area (Å²) < 4.78 is 10.8. The van der Waals surface area contributed by atoms with Crippen molar-refractivity contribution in [2.24, 2.45) is 47.2 Å². The van der Waals surface area contributed by atoms with E-state index < -0.39 is 54.6 Å². The maximum atomic E-state index is 12.1. The summed E-state index contributed by atoms with van der Waals surface area (Å²) in [7, 11) is 0. The lowest BCUT2D eigenvalue weighted by Gasteiger charge is -2.37. The summed E-state index contributed by atoms with van der Waals surface area (Å²) in [5.74, 6) is -2.55. The Morgan fingerprint density at radius 1 is 1.02 bits per heavy atom. The third-order valence-electron chi connectivity index (χ3n) is 9.01. The number of ether oxygens (including phenoxy) is 2. The van der Waals surface area contributed by atoms with Crippen molar-refractivity contribution in [3.05, 3.63) is 48.1 Å². The number of cyclic esters (lactones) is 1. The summed E-state index contributed by atoms with van der Waals surface area (Å²) in [6.07, 6.45) is 4.54. The highest BCUT2D eigenvalue weighted by molar-refractivity contribution is 5.73. The van der Waals surface area contributed by atoms with E-state index in [1.54, 1.807) is 26.0 Å². The first-order valence-corrected chi connectivity index (χ1v) is 15.5. The number of amides is 1. The maximum Gasteiger partial charge on any atom is 0.404 e. The number of hydrogen-bond acceptors (Lipinski definition) is 8. The Balaban J connectivity index is 2.84. The Labute approximate surface area is 258 Å². The number of esters is 1. The minimum absolute atomic E-state index is 0.155. The monoisotopic (exact) mass is 607 g/mol. The van der Waals surface area contributed by atoms with E-state index in [9.17, 15) is 30.0 Å². The predicted molar refractivity (Wildman–Crippen MR) is 169 cm³/mol. The molecule has 0 aliphatic carbocycles. The van der Waals surface area contributed by atoms with Crippen LogP contribution in [-0.2, 0) is 14.3 Å². The highest BCUT2D eigenvalue weighted by atomic mass is 16.6. The largest absolute Gasteiger partial charge is 0.462 e. The third kappa shape index (κ3) is 11.5. The molecule has 0 radical (unpaired) electrons. The third-order valence-corrected chi connectivity index (χ3v) is 9.01. The van der Waals surface area contributed by atoms with Gasteiger partial charge in [-0.2, -0.15) is 0 Å². The normalized spacial score (nSPS) is 28.2. The number of primary amides is 1. The fourth-order valence-electron chi connectivity index (χ4n) is 6.10. The van der Waals surface area contributed by atoms with Crippen LogP contribution in [0.15, 0.2) is 48.1 Å². The number of aliphatic hydroxyl groups excluding tert-OH is 4. The van der Waals surface area contributed by atoms with Gasteiger partial charge in [-0.1, -0.05) is 84.1 Å². The van der Waals surface area contributed by atoms with Gasteiger partial charge in [0.05, 0.1) is 30.3 Å². The van der Waals surface area contributed by atoms with E-state index in [1.165, 1.54) is 0 Å². The lowest BCUT2D eigenvalue weighted by atomic mass is 9.81. The summed E-state index contributed by atoms with van der Waals surface area (Å²) in [5, 5.41) is 43.3. The SMILES string of the molecule is C=C/C=C\[C@H](C)[C@H](OC(N)=O)[C@@H](C)[C@H](O)[C@@H](C)C/C(C)=C\[C@H](C)[C@@H](O)[C@@H](C)/C=C(/C)[C@@H](O)CC1OC(=O)[C@H](C)[C@@H](O)[C@H]1C. The standard InChI is InChI=1S/C34H57NO8/c1-11-12-13-19(3)32(43-34(35)41)25(9)30(38)22(6)15-18(2)14-21(5)29(37)23(7)16-20(4)27(36)17-28-24(8)31(39)26(10)33(40)42-28/h11-14,16,19,21-32,36-39H,1,15,17H2,2-10H3,(H2,35,41)/b13-12-,18-14-,20-16-/t19-,21-,22-,23-,24-,25-,26+,27-,28?,29+,30+,31-,32-/m0/s1. The first kappa shape index (κ1) is 38.6. The molecule has 246 valence electrons. The molecule has 1 heterocycles. The molecule has 0 spiro atoms. The average Bonchev–Trinajstić information content (AvgIpc) is 2.94. The molecule has 43 heavy (non-hydrogen) atoms. The van der Waals surface area contributed by atoms with E-state index in [0.717, 1.165) is 5.57 Å². The minimum atomic E-state index is -0.888. The van der Waals surface area contributed by atoms with E-state index >= 15 is 0 Å². The molecule has 0 saturated carbocycles. The van der Waals surface area contributed by atoms with E-state index in [2.05, 4.69) is 6.58 Å². The Kier molecular flexibility index (Phi) is 15.9. The average molecular weight is 608 g/mol. The first-order valence-electron chi connectivity index (χ1n) is 15.5. The van der Waals surface area contributed by atoms with Crippen LogP contribution in [0.5, 0.6) is 0 Å². The molecule has 6 N–H and O–H groups in total. The Hall–Kier alpha value is -2.46. The fraction of sp³-hybridized carbons (Fsp3) is 0.706. The van der Waals surface area contributed by atoms with E-state index in [4.69, 9.17) is 15.2 Å². The molecule has 0 aromatic carbocycles. The molecule has 1 amide bonds. The molecule has 1 rings (SSSR count). The van der Waals surface area contributed by atoms with Crippen molar-refractivity contribution in [3.8, 4) is 0 Å². The summed E-state index contributed by atoms with van der Waals surface area (Å²) >= 11 is 0. The zero-order valence-corrected chi connectivity index (χ0v) is 27.5. The van der Waals surface area contributed by atoms with Gasteiger partial charge in [0.2, 0.25) is 0 Å². The van der Waals surface area contributed by atoms with Gasteiger partial charge < -0.3 is 35.6 Å². The van der Waals surface area contributed by atoms with Crippen molar-refractivity contribution >= 4 is 12.1 Å².